The third-order valence-electron chi connectivity index (χ3n) is 7.63. The molecule has 3 aliphatic heterocycles. The Labute approximate surface area is 229 Å². The molecule has 0 aromatic heterocycles. The molecule has 0 unspecified atom stereocenters. The second kappa shape index (κ2) is 12.7. The van der Waals surface area contributed by atoms with Crippen LogP contribution in [0.5, 0.6) is 17.2 Å². The van der Waals surface area contributed by atoms with Crippen LogP contribution in [-0.4, -0.2) is 80.4 Å². The molecule has 1 saturated heterocycles. The van der Waals surface area contributed by atoms with Gasteiger partial charge < -0.3 is 33.7 Å². The lowest BCUT2D eigenvalue weighted by molar-refractivity contribution is -0.171. The van der Waals surface area contributed by atoms with Gasteiger partial charge in [0.25, 0.3) is 5.91 Å². The zero-order chi connectivity index (χ0) is 27.2. The molecule has 0 radical (unpaired) electrons. The lowest BCUT2D eigenvalue weighted by Crippen LogP contribution is -2.49. The average Bonchev–Trinajstić information content (AvgIpc) is 3.44. The van der Waals surface area contributed by atoms with Crippen LogP contribution < -0.4 is 14.2 Å². The van der Waals surface area contributed by atoms with Crippen LogP contribution in [0, 0.1) is 5.92 Å². The first-order chi connectivity index (χ1) is 19.1. The molecule has 9 nitrogen and oxygen atoms in total. The van der Waals surface area contributed by atoms with Crippen molar-refractivity contribution < 1.29 is 33.6 Å². The number of aliphatic hydroxyl groups excluding tert-OH is 1. The van der Waals surface area contributed by atoms with Gasteiger partial charge >= 0.3 is 0 Å². The largest absolute Gasteiger partial charge is 0.497 e. The topological polar surface area (TPSA) is 89.9 Å². The molecule has 1 N–H and O–H groups in total. The Morgan fingerprint density at radius 1 is 1.05 bits per heavy atom. The number of piperazine rings is 1. The van der Waals surface area contributed by atoms with Crippen molar-refractivity contribution in [3.8, 4) is 17.2 Å². The molecule has 0 aliphatic carbocycles. The molecule has 3 aliphatic rings. The number of hydrogen-bond acceptors (Lipinski definition) is 8. The Kier molecular flexibility index (Phi) is 8.91. The van der Waals surface area contributed by atoms with E-state index >= 15 is 0 Å². The van der Waals surface area contributed by atoms with Gasteiger partial charge in [0.2, 0.25) is 13.1 Å². The highest BCUT2D eigenvalue weighted by Gasteiger charge is 2.39. The number of benzene rings is 2. The van der Waals surface area contributed by atoms with Gasteiger partial charge in [-0.3, -0.25) is 9.69 Å². The number of fused-ring (bicyclic) bond motifs is 1. The molecule has 2 aromatic carbocycles. The van der Waals surface area contributed by atoms with Gasteiger partial charge in [-0.2, -0.15) is 0 Å². The van der Waals surface area contributed by atoms with E-state index < -0.39 is 6.29 Å². The van der Waals surface area contributed by atoms with Crippen molar-refractivity contribution in [2.24, 2.45) is 5.92 Å². The number of aliphatic hydroxyl groups is 1. The molecule has 39 heavy (non-hydrogen) atoms. The Balaban J connectivity index is 1.28. The molecule has 0 spiro atoms. The second-order valence-electron chi connectivity index (χ2n) is 10.1. The fourth-order valence-electron chi connectivity index (χ4n) is 5.53. The fourth-order valence-corrected chi connectivity index (χ4v) is 5.53. The van der Waals surface area contributed by atoms with E-state index in [1.54, 1.807) is 7.11 Å². The lowest BCUT2D eigenvalue weighted by atomic mass is 9.80. The molecule has 1 fully saturated rings. The lowest BCUT2D eigenvalue weighted by Gasteiger charge is -2.39. The highest BCUT2D eigenvalue weighted by atomic mass is 16.7. The summed E-state index contributed by atoms with van der Waals surface area (Å²) in [4.78, 5) is 17.9. The predicted molar refractivity (Wildman–Crippen MR) is 145 cm³/mol. The van der Waals surface area contributed by atoms with E-state index in [-0.39, 0.29) is 31.1 Å². The van der Waals surface area contributed by atoms with Gasteiger partial charge in [-0.05, 0) is 61.2 Å². The maximum absolute atomic E-state index is 13.7. The zero-order valence-electron chi connectivity index (χ0n) is 22.7. The summed E-state index contributed by atoms with van der Waals surface area (Å²) in [5.74, 6) is 2.46. The maximum Gasteiger partial charge on any atom is 0.288 e. The van der Waals surface area contributed by atoms with Crippen LogP contribution in [0.25, 0.3) is 0 Å². The minimum Gasteiger partial charge on any atom is -0.497 e. The summed E-state index contributed by atoms with van der Waals surface area (Å²) in [6, 6.07) is 13.9. The minimum absolute atomic E-state index is 0.0272. The summed E-state index contributed by atoms with van der Waals surface area (Å²) in [6.07, 6.45) is 2.73. The monoisotopic (exact) mass is 538 g/mol. The van der Waals surface area contributed by atoms with E-state index in [9.17, 15) is 9.90 Å². The van der Waals surface area contributed by atoms with Crippen LogP contribution in [0.2, 0.25) is 0 Å². The average molecular weight is 539 g/mol. The number of amides is 1. The van der Waals surface area contributed by atoms with E-state index in [1.165, 1.54) is 0 Å². The Morgan fingerprint density at radius 2 is 1.82 bits per heavy atom. The molecule has 3 heterocycles. The molecule has 0 saturated carbocycles. The van der Waals surface area contributed by atoms with Crippen LogP contribution in [0.15, 0.2) is 54.3 Å². The summed E-state index contributed by atoms with van der Waals surface area (Å²) in [6.45, 7) is 6.31. The van der Waals surface area contributed by atoms with Gasteiger partial charge in [-0.25, -0.2) is 0 Å². The van der Waals surface area contributed by atoms with Crippen molar-refractivity contribution >= 4 is 5.91 Å². The van der Waals surface area contributed by atoms with Crippen molar-refractivity contribution in [2.75, 3.05) is 53.3 Å². The molecular weight excluding hydrogens is 500 g/mol. The molecule has 1 amide bonds. The number of hydrogen-bond donors (Lipinski definition) is 1. The van der Waals surface area contributed by atoms with Gasteiger partial charge in [0, 0.05) is 57.8 Å². The highest BCUT2D eigenvalue weighted by molar-refractivity contribution is 5.92. The maximum atomic E-state index is 13.7. The number of rotatable bonds is 10. The minimum atomic E-state index is -0.565. The van der Waals surface area contributed by atoms with Crippen molar-refractivity contribution in [3.63, 3.8) is 0 Å². The Morgan fingerprint density at radius 3 is 2.54 bits per heavy atom. The van der Waals surface area contributed by atoms with Crippen LogP contribution in [0.4, 0.5) is 0 Å². The standard InChI is InChI=1S/C30H38N2O7/c1-3-36-30-24(5-4-16-33)25(22-7-9-23(35-2)10-8-22)18-28(39-30)29(34)32-14-12-31(13-15-32)19-21-6-11-26-27(17-21)38-20-37-26/h6-11,17-18,24-25,30,33H,3-5,12-16,19-20H2,1-2H3/t24-,25-,30-/m1/s1. The molecular formula is C30H38N2O7. The Hall–Kier alpha value is -3.27. The zero-order valence-corrected chi connectivity index (χ0v) is 22.7. The summed E-state index contributed by atoms with van der Waals surface area (Å²) in [5.41, 5.74) is 2.22. The third-order valence-corrected chi connectivity index (χ3v) is 7.63. The molecule has 2 aromatic rings. The van der Waals surface area contributed by atoms with Gasteiger partial charge in [0.05, 0.1) is 7.11 Å². The first-order valence-electron chi connectivity index (χ1n) is 13.7. The van der Waals surface area contributed by atoms with Crippen LogP contribution in [0.1, 0.15) is 36.8 Å². The summed E-state index contributed by atoms with van der Waals surface area (Å²) in [5, 5.41) is 9.51. The van der Waals surface area contributed by atoms with Crippen LogP contribution >= 0.6 is 0 Å². The van der Waals surface area contributed by atoms with E-state index in [1.807, 2.05) is 54.3 Å². The summed E-state index contributed by atoms with van der Waals surface area (Å²) >= 11 is 0. The SMILES string of the molecule is CCO[C@@H]1OC(C(=O)N2CCN(Cc3ccc4c(c3)OCO4)CC2)=C[C@H](c2ccc(OC)cc2)[C@H]1CCCO. The van der Waals surface area contributed by atoms with Gasteiger partial charge in [-0.15, -0.1) is 0 Å². The van der Waals surface area contributed by atoms with E-state index in [0.717, 1.165) is 48.0 Å². The molecule has 0 bridgehead atoms. The van der Waals surface area contributed by atoms with Crippen LogP contribution in [-0.2, 0) is 20.8 Å². The first kappa shape index (κ1) is 27.3. The van der Waals surface area contributed by atoms with E-state index in [4.69, 9.17) is 23.7 Å². The van der Waals surface area contributed by atoms with Gasteiger partial charge in [0.15, 0.2) is 17.3 Å². The van der Waals surface area contributed by atoms with E-state index in [0.29, 0.717) is 38.3 Å². The number of methoxy groups -OCH3 is 1. The number of allylic oxidation sites excluding steroid dienone is 1. The smallest absolute Gasteiger partial charge is 0.288 e. The predicted octanol–water partition coefficient (Wildman–Crippen LogP) is 3.52. The fraction of sp³-hybridized carbons (Fsp3) is 0.500. The summed E-state index contributed by atoms with van der Waals surface area (Å²) in [7, 11) is 1.64. The Bertz CT molecular complexity index is 1140. The second-order valence-corrected chi connectivity index (χ2v) is 10.1. The highest BCUT2D eigenvalue weighted by Crippen LogP contribution is 2.40. The van der Waals surface area contributed by atoms with Crippen LogP contribution in [0.3, 0.4) is 0 Å². The van der Waals surface area contributed by atoms with Gasteiger partial charge in [-0.1, -0.05) is 18.2 Å². The first-order valence-corrected chi connectivity index (χ1v) is 13.7. The normalized spacial score (nSPS) is 22.8. The van der Waals surface area contributed by atoms with Crippen molar-refractivity contribution in [1.82, 2.24) is 9.80 Å². The number of carbonyl (C=O) groups excluding carboxylic acids is 1. The number of ether oxygens (including phenoxy) is 5. The number of nitrogens with zero attached hydrogens (tertiary/aromatic N) is 2. The molecule has 210 valence electrons. The quantitative estimate of drug-likeness (QED) is 0.492. The third kappa shape index (κ3) is 6.32. The van der Waals surface area contributed by atoms with Crippen molar-refractivity contribution in [2.45, 2.75) is 38.5 Å². The molecule has 9 heteroatoms. The molecule has 3 atom stereocenters. The van der Waals surface area contributed by atoms with Gasteiger partial charge in [0.1, 0.15) is 5.75 Å². The summed E-state index contributed by atoms with van der Waals surface area (Å²) < 4.78 is 28.5. The van der Waals surface area contributed by atoms with Crippen molar-refractivity contribution in [3.05, 3.63) is 65.4 Å². The van der Waals surface area contributed by atoms with E-state index in [2.05, 4.69) is 11.0 Å². The molecule has 5 rings (SSSR count). The van der Waals surface area contributed by atoms with Crippen molar-refractivity contribution in [1.29, 1.82) is 0 Å². The number of carbonyl (C=O) groups is 1.